The van der Waals surface area contributed by atoms with Gasteiger partial charge in [-0.25, -0.2) is 8.42 Å². The van der Waals surface area contributed by atoms with Crippen molar-refractivity contribution >= 4 is 33.8 Å². The van der Waals surface area contributed by atoms with E-state index < -0.39 is 9.84 Å². The lowest BCUT2D eigenvalue weighted by Crippen LogP contribution is -2.43. The summed E-state index contributed by atoms with van der Waals surface area (Å²) >= 11 is 0. The van der Waals surface area contributed by atoms with Gasteiger partial charge >= 0.3 is 0 Å². The molecule has 2 rings (SSSR count). The summed E-state index contributed by atoms with van der Waals surface area (Å²) in [5, 5.41) is 5.91. The molecule has 0 bridgehead atoms. The molecular formula is C13H19ClN2O3S. The average molecular weight is 319 g/mol. The van der Waals surface area contributed by atoms with Crippen LogP contribution in [0.15, 0.2) is 29.2 Å². The third-order valence-corrected chi connectivity index (χ3v) is 4.27. The molecule has 0 saturated carbocycles. The van der Waals surface area contributed by atoms with E-state index in [2.05, 4.69) is 10.6 Å². The van der Waals surface area contributed by atoms with E-state index >= 15 is 0 Å². The summed E-state index contributed by atoms with van der Waals surface area (Å²) < 4.78 is 22.9. The van der Waals surface area contributed by atoms with Crippen LogP contribution in [0.25, 0.3) is 0 Å². The molecule has 1 amide bonds. The molecule has 2 N–H and O–H groups in total. The molecule has 1 fully saturated rings. The van der Waals surface area contributed by atoms with Gasteiger partial charge in [0.1, 0.15) is 0 Å². The van der Waals surface area contributed by atoms with Gasteiger partial charge in [-0.05, 0) is 37.6 Å². The van der Waals surface area contributed by atoms with E-state index in [0.29, 0.717) is 5.69 Å². The smallest absolute Gasteiger partial charge is 0.241 e. The molecule has 1 aliphatic heterocycles. The van der Waals surface area contributed by atoms with Gasteiger partial charge in [0, 0.05) is 11.9 Å². The molecule has 0 unspecified atom stereocenters. The number of rotatable bonds is 3. The Bertz CT molecular complexity index is 569. The van der Waals surface area contributed by atoms with E-state index in [0.717, 1.165) is 32.1 Å². The minimum absolute atomic E-state index is 0. The lowest BCUT2D eigenvalue weighted by molar-refractivity contribution is -0.118. The van der Waals surface area contributed by atoms with Gasteiger partial charge in [-0.2, -0.15) is 0 Å². The van der Waals surface area contributed by atoms with Gasteiger partial charge < -0.3 is 10.6 Å². The van der Waals surface area contributed by atoms with Crippen LogP contribution in [0, 0.1) is 0 Å². The first-order valence-electron chi connectivity index (χ1n) is 6.31. The molecule has 1 aliphatic rings. The predicted molar refractivity (Wildman–Crippen MR) is 81.1 cm³/mol. The highest BCUT2D eigenvalue weighted by Gasteiger charge is 2.20. The monoisotopic (exact) mass is 318 g/mol. The summed E-state index contributed by atoms with van der Waals surface area (Å²) in [6, 6.07) is 6.13. The molecule has 0 aromatic heterocycles. The first-order chi connectivity index (χ1) is 8.97. The van der Waals surface area contributed by atoms with E-state index in [-0.39, 0.29) is 29.3 Å². The van der Waals surface area contributed by atoms with Gasteiger partial charge in [0.2, 0.25) is 5.91 Å². The molecule has 1 aromatic rings. The number of carbonyl (C=O) groups is 1. The molecule has 0 spiro atoms. The summed E-state index contributed by atoms with van der Waals surface area (Å²) in [6.07, 6.45) is 4.09. The third kappa shape index (κ3) is 4.47. The quantitative estimate of drug-likeness (QED) is 0.887. The topological polar surface area (TPSA) is 75.3 Å². The average Bonchev–Trinajstić information content (AvgIpc) is 2.39. The Labute approximate surface area is 125 Å². The zero-order chi connectivity index (χ0) is 13.9. The Hall–Kier alpha value is -1.11. The highest BCUT2D eigenvalue weighted by atomic mass is 35.5. The molecular weight excluding hydrogens is 300 g/mol. The maximum absolute atomic E-state index is 12.0. The molecule has 0 aliphatic carbocycles. The second-order valence-electron chi connectivity index (χ2n) is 4.79. The fourth-order valence-corrected chi connectivity index (χ4v) is 2.78. The zero-order valence-electron chi connectivity index (χ0n) is 11.3. The maximum Gasteiger partial charge on any atom is 0.241 e. The van der Waals surface area contributed by atoms with Gasteiger partial charge in [-0.3, -0.25) is 4.79 Å². The van der Waals surface area contributed by atoms with Crippen molar-refractivity contribution in [1.29, 1.82) is 0 Å². The number of hydrogen-bond acceptors (Lipinski definition) is 4. The number of benzene rings is 1. The van der Waals surface area contributed by atoms with Crippen molar-refractivity contribution in [3.63, 3.8) is 0 Å². The Morgan fingerprint density at radius 3 is 2.70 bits per heavy atom. The van der Waals surface area contributed by atoms with Gasteiger partial charge in [-0.1, -0.05) is 12.5 Å². The summed E-state index contributed by atoms with van der Waals surface area (Å²) in [6.45, 7) is 0.849. The molecule has 1 aromatic carbocycles. The van der Waals surface area contributed by atoms with Crippen molar-refractivity contribution in [3.8, 4) is 0 Å². The van der Waals surface area contributed by atoms with E-state index in [1.165, 1.54) is 12.1 Å². The van der Waals surface area contributed by atoms with E-state index in [1.807, 2.05) is 0 Å². The molecule has 7 heteroatoms. The van der Waals surface area contributed by atoms with Crippen molar-refractivity contribution in [1.82, 2.24) is 5.32 Å². The Morgan fingerprint density at radius 2 is 2.10 bits per heavy atom. The summed E-state index contributed by atoms with van der Waals surface area (Å²) in [4.78, 5) is 12.2. The van der Waals surface area contributed by atoms with Crippen LogP contribution in [-0.2, 0) is 14.6 Å². The highest BCUT2D eigenvalue weighted by molar-refractivity contribution is 7.90. The van der Waals surface area contributed by atoms with Gasteiger partial charge in [0.05, 0.1) is 10.9 Å². The Morgan fingerprint density at radius 1 is 1.35 bits per heavy atom. The SMILES string of the molecule is CS(=O)(=O)c1cccc(NC(=O)[C@H]2CCCCN2)c1.Cl. The largest absolute Gasteiger partial charge is 0.325 e. The first kappa shape index (κ1) is 16.9. The van der Waals surface area contributed by atoms with Crippen LogP contribution < -0.4 is 10.6 Å². The van der Waals surface area contributed by atoms with Gasteiger partial charge in [0.15, 0.2) is 9.84 Å². The van der Waals surface area contributed by atoms with Crippen molar-refractivity contribution in [2.75, 3.05) is 18.1 Å². The summed E-state index contributed by atoms with van der Waals surface area (Å²) in [7, 11) is -3.25. The normalized spacial score (nSPS) is 18.9. The van der Waals surface area contributed by atoms with E-state index in [4.69, 9.17) is 0 Å². The van der Waals surface area contributed by atoms with Crippen molar-refractivity contribution < 1.29 is 13.2 Å². The Balaban J connectivity index is 0.00000200. The molecule has 20 heavy (non-hydrogen) atoms. The van der Waals surface area contributed by atoms with Crippen LogP contribution in [0.3, 0.4) is 0 Å². The van der Waals surface area contributed by atoms with Crippen LogP contribution in [-0.4, -0.2) is 33.2 Å². The highest BCUT2D eigenvalue weighted by Crippen LogP contribution is 2.16. The molecule has 1 heterocycles. The second kappa shape index (κ2) is 7.06. The summed E-state index contributed by atoms with van der Waals surface area (Å²) in [5.41, 5.74) is 0.514. The number of halogens is 1. The molecule has 0 radical (unpaired) electrons. The standard InChI is InChI=1S/C13H18N2O3S.ClH/c1-19(17,18)11-6-4-5-10(9-11)15-13(16)12-7-2-3-8-14-12;/h4-6,9,12,14H,2-3,7-8H2,1H3,(H,15,16);1H/t12-;/m1./s1. The minimum Gasteiger partial charge on any atom is -0.325 e. The number of piperidine rings is 1. The van der Waals surface area contributed by atoms with Crippen LogP contribution in [0.4, 0.5) is 5.69 Å². The van der Waals surface area contributed by atoms with Crippen LogP contribution in [0.2, 0.25) is 0 Å². The Kier molecular flexibility index (Phi) is 5.98. The predicted octanol–water partition coefficient (Wildman–Crippen LogP) is 1.59. The maximum atomic E-state index is 12.0. The van der Waals surface area contributed by atoms with Crippen LogP contribution in [0.1, 0.15) is 19.3 Å². The fraction of sp³-hybridized carbons (Fsp3) is 0.462. The third-order valence-electron chi connectivity index (χ3n) is 3.16. The van der Waals surface area contributed by atoms with Gasteiger partial charge in [-0.15, -0.1) is 12.4 Å². The number of sulfone groups is 1. The number of amides is 1. The molecule has 1 saturated heterocycles. The van der Waals surface area contributed by atoms with E-state index in [9.17, 15) is 13.2 Å². The first-order valence-corrected chi connectivity index (χ1v) is 8.20. The summed E-state index contributed by atoms with van der Waals surface area (Å²) in [5.74, 6) is -0.106. The van der Waals surface area contributed by atoms with E-state index in [1.54, 1.807) is 12.1 Å². The number of anilines is 1. The molecule has 112 valence electrons. The second-order valence-corrected chi connectivity index (χ2v) is 6.81. The van der Waals surface area contributed by atoms with Crippen LogP contribution >= 0.6 is 12.4 Å². The number of carbonyl (C=O) groups excluding carboxylic acids is 1. The molecule has 1 atom stereocenters. The molecule has 5 nitrogen and oxygen atoms in total. The van der Waals surface area contributed by atoms with Crippen molar-refractivity contribution in [2.24, 2.45) is 0 Å². The van der Waals surface area contributed by atoms with Crippen LogP contribution in [0.5, 0.6) is 0 Å². The zero-order valence-corrected chi connectivity index (χ0v) is 12.9. The van der Waals surface area contributed by atoms with Crippen molar-refractivity contribution in [2.45, 2.75) is 30.2 Å². The number of hydrogen-bond donors (Lipinski definition) is 2. The fourth-order valence-electron chi connectivity index (χ4n) is 2.11. The minimum atomic E-state index is -3.25. The lowest BCUT2D eigenvalue weighted by Gasteiger charge is -2.22. The van der Waals surface area contributed by atoms with Gasteiger partial charge in [0.25, 0.3) is 0 Å². The lowest BCUT2D eigenvalue weighted by atomic mass is 10.0. The number of nitrogens with one attached hydrogen (secondary N) is 2. The van der Waals surface area contributed by atoms with Crippen molar-refractivity contribution in [3.05, 3.63) is 24.3 Å².